The van der Waals surface area contributed by atoms with Crippen molar-refractivity contribution in [2.75, 3.05) is 13.2 Å². The molecule has 1 aromatic heterocycles. The second kappa shape index (κ2) is 7.88. The van der Waals surface area contributed by atoms with Gasteiger partial charge < -0.3 is 10.4 Å². The molecule has 2 N–H and O–H groups in total. The fourth-order valence-electron chi connectivity index (χ4n) is 2.25. The van der Waals surface area contributed by atoms with Crippen molar-refractivity contribution in [2.24, 2.45) is 5.41 Å². The van der Waals surface area contributed by atoms with Crippen LogP contribution in [0.25, 0.3) is 17.0 Å². The minimum absolute atomic E-state index is 0.0877. The Morgan fingerprint density at radius 3 is 2.83 bits per heavy atom. The van der Waals surface area contributed by atoms with Gasteiger partial charge in [-0.15, -0.1) is 0 Å². The third kappa shape index (κ3) is 5.49. The van der Waals surface area contributed by atoms with E-state index in [0.717, 1.165) is 29.4 Å². The molecule has 0 bridgehead atoms. The zero-order valence-corrected chi connectivity index (χ0v) is 13.7. The number of carbonyl (C=O) groups is 1. The standard InChI is InChI=1S/C19H24N2O2/c1-19(2,14-22)12-5-13-20-18(23)11-10-16-9-8-15-6-3-4-7-17(15)21-16/h3-4,6-11,22H,5,12-14H2,1-2H3,(H,20,23)/b11-10+. The SMILES string of the molecule is CC(C)(CO)CCCNC(=O)/C=C/c1ccc2ccccc2n1. The molecule has 2 aromatic rings. The molecule has 0 saturated heterocycles. The highest BCUT2D eigenvalue weighted by Gasteiger charge is 2.15. The summed E-state index contributed by atoms with van der Waals surface area (Å²) in [6.45, 7) is 4.80. The van der Waals surface area contributed by atoms with Gasteiger partial charge in [-0.3, -0.25) is 4.79 Å². The van der Waals surface area contributed by atoms with E-state index < -0.39 is 0 Å². The van der Waals surface area contributed by atoms with Crippen LogP contribution in [0.3, 0.4) is 0 Å². The number of hydrogen-bond acceptors (Lipinski definition) is 3. The maximum Gasteiger partial charge on any atom is 0.244 e. The third-order valence-corrected chi connectivity index (χ3v) is 3.78. The molecule has 122 valence electrons. The van der Waals surface area contributed by atoms with E-state index in [-0.39, 0.29) is 17.9 Å². The fourth-order valence-corrected chi connectivity index (χ4v) is 2.25. The normalized spacial score (nSPS) is 12.0. The average molecular weight is 312 g/mol. The van der Waals surface area contributed by atoms with Crippen molar-refractivity contribution in [3.05, 3.63) is 48.2 Å². The Balaban J connectivity index is 1.83. The average Bonchev–Trinajstić information content (AvgIpc) is 2.56. The topological polar surface area (TPSA) is 62.2 Å². The number of fused-ring (bicyclic) bond motifs is 1. The molecule has 0 aliphatic rings. The number of aliphatic hydroxyl groups is 1. The minimum atomic E-state index is -0.123. The Hall–Kier alpha value is -2.20. The summed E-state index contributed by atoms with van der Waals surface area (Å²) in [5.74, 6) is -0.123. The monoisotopic (exact) mass is 312 g/mol. The van der Waals surface area contributed by atoms with Crippen LogP contribution in [0.5, 0.6) is 0 Å². The van der Waals surface area contributed by atoms with Gasteiger partial charge in [-0.1, -0.05) is 38.1 Å². The number of nitrogens with one attached hydrogen (secondary N) is 1. The maximum absolute atomic E-state index is 11.8. The Bertz CT molecular complexity index is 693. The van der Waals surface area contributed by atoms with Crippen molar-refractivity contribution in [1.29, 1.82) is 0 Å². The summed E-state index contributed by atoms with van der Waals surface area (Å²) in [6, 6.07) is 11.8. The maximum atomic E-state index is 11.8. The first-order chi connectivity index (χ1) is 11.0. The predicted molar refractivity (Wildman–Crippen MR) is 93.9 cm³/mol. The number of nitrogens with zero attached hydrogens (tertiary/aromatic N) is 1. The van der Waals surface area contributed by atoms with E-state index in [2.05, 4.69) is 10.3 Å². The van der Waals surface area contributed by atoms with Crippen LogP contribution in [0, 0.1) is 5.41 Å². The summed E-state index contributed by atoms with van der Waals surface area (Å²) in [5.41, 5.74) is 1.59. The molecule has 1 amide bonds. The Morgan fingerprint density at radius 2 is 2.04 bits per heavy atom. The van der Waals surface area contributed by atoms with E-state index >= 15 is 0 Å². The van der Waals surface area contributed by atoms with Gasteiger partial charge in [0.15, 0.2) is 0 Å². The van der Waals surface area contributed by atoms with Crippen LogP contribution >= 0.6 is 0 Å². The minimum Gasteiger partial charge on any atom is -0.396 e. The van der Waals surface area contributed by atoms with E-state index in [1.165, 1.54) is 6.08 Å². The first kappa shape index (κ1) is 17.2. The summed E-state index contributed by atoms with van der Waals surface area (Å²) in [7, 11) is 0. The van der Waals surface area contributed by atoms with Gasteiger partial charge in [-0.05, 0) is 36.5 Å². The predicted octanol–water partition coefficient (Wildman–Crippen LogP) is 3.16. The second-order valence-electron chi connectivity index (χ2n) is 6.48. The van der Waals surface area contributed by atoms with Crippen LogP contribution in [-0.2, 0) is 4.79 Å². The van der Waals surface area contributed by atoms with E-state index in [1.807, 2.05) is 50.2 Å². The molecule has 1 aromatic carbocycles. The first-order valence-corrected chi connectivity index (χ1v) is 7.93. The van der Waals surface area contributed by atoms with Crippen LogP contribution in [0.2, 0.25) is 0 Å². The van der Waals surface area contributed by atoms with Gasteiger partial charge in [0.2, 0.25) is 5.91 Å². The Morgan fingerprint density at radius 1 is 1.26 bits per heavy atom. The van der Waals surface area contributed by atoms with Gasteiger partial charge in [-0.2, -0.15) is 0 Å². The van der Waals surface area contributed by atoms with Gasteiger partial charge >= 0.3 is 0 Å². The van der Waals surface area contributed by atoms with Crippen molar-refractivity contribution in [1.82, 2.24) is 10.3 Å². The highest BCUT2D eigenvalue weighted by Crippen LogP contribution is 2.20. The lowest BCUT2D eigenvalue weighted by Gasteiger charge is -2.20. The van der Waals surface area contributed by atoms with Crippen molar-refractivity contribution in [3.63, 3.8) is 0 Å². The largest absolute Gasteiger partial charge is 0.396 e. The van der Waals surface area contributed by atoms with Crippen LogP contribution in [0.4, 0.5) is 0 Å². The summed E-state index contributed by atoms with van der Waals surface area (Å²) in [6.07, 6.45) is 4.95. The van der Waals surface area contributed by atoms with Crippen LogP contribution in [-0.4, -0.2) is 29.1 Å². The van der Waals surface area contributed by atoms with Crippen molar-refractivity contribution < 1.29 is 9.90 Å². The van der Waals surface area contributed by atoms with Gasteiger partial charge in [0, 0.05) is 24.6 Å². The molecule has 0 aliphatic heterocycles. The summed E-state index contributed by atoms with van der Waals surface area (Å²) < 4.78 is 0. The molecular weight excluding hydrogens is 288 g/mol. The van der Waals surface area contributed by atoms with Crippen molar-refractivity contribution in [2.45, 2.75) is 26.7 Å². The lowest BCUT2D eigenvalue weighted by atomic mass is 9.89. The molecule has 0 spiro atoms. The first-order valence-electron chi connectivity index (χ1n) is 7.93. The fraction of sp³-hybridized carbons (Fsp3) is 0.368. The molecule has 0 atom stereocenters. The molecule has 2 rings (SSSR count). The van der Waals surface area contributed by atoms with Crippen LogP contribution < -0.4 is 5.32 Å². The van der Waals surface area contributed by atoms with Gasteiger partial charge in [0.05, 0.1) is 11.2 Å². The summed E-state index contributed by atoms with van der Waals surface area (Å²) in [5, 5.41) is 13.1. The molecule has 1 heterocycles. The number of benzene rings is 1. The number of pyridine rings is 1. The summed E-state index contributed by atoms with van der Waals surface area (Å²) >= 11 is 0. The van der Waals surface area contributed by atoms with E-state index in [1.54, 1.807) is 6.08 Å². The molecule has 4 heteroatoms. The third-order valence-electron chi connectivity index (χ3n) is 3.78. The number of rotatable bonds is 7. The number of amides is 1. The van der Waals surface area contributed by atoms with Crippen LogP contribution in [0.1, 0.15) is 32.4 Å². The molecule has 0 radical (unpaired) electrons. The van der Waals surface area contributed by atoms with Gasteiger partial charge in [0.1, 0.15) is 0 Å². The molecule has 0 saturated carbocycles. The molecule has 0 aliphatic carbocycles. The highest BCUT2D eigenvalue weighted by atomic mass is 16.3. The zero-order chi connectivity index (χ0) is 16.7. The van der Waals surface area contributed by atoms with Crippen molar-refractivity contribution in [3.8, 4) is 0 Å². The van der Waals surface area contributed by atoms with E-state index in [0.29, 0.717) is 6.54 Å². The summed E-state index contributed by atoms with van der Waals surface area (Å²) in [4.78, 5) is 16.3. The lowest BCUT2D eigenvalue weighted by Crippen LogP contribution is -2.24. The molecule has 0 fully saturated rings. The van der Waals surface area contributed by atoms with Crippen LogP contribution in [0.15, 0.2) is 42.5 Å². The molecular formula is C19H24N2O2. The number of para-hydroxylation sites is 1. The smallest absolute Gasteiger partial charge is 0.244 e. The number of hydrogen-bond donors (Lipinski definition) is 2. The Kier molecular flexibility index (Phi) is 5.88. The lowest BCUT2D eigenvalue weighted by molar-refractivity contribution is -0.116. The second-order valence-corrected chi connectivity index (χ2v) is 6.48. The van der Waals surface area contributed by atoms with E-state index in [9.17, 15) is 9.90 Å². The van der Waals surface area contributed by atoms with Crippen molar-refractivity contribution >= 4 is 22.9 Å². The van der Waals surface area contributed by atoms with Gasteiger partial charge in [0.25, 0.3) is 0 Å². The molecule has 0 unspecified atom stereocenters. The number of carbonyl (C=O) groups excluding carboxylic acids is 1. The highest BCUT2D eigenvalue weighted by molar-refractivity contribution is 5.91. The zero-order valence-electron chi connectivity index (χ0n) is 13.7. The van der Waals surface area contributed by atoms with E-state index in [4.69, 9.17) is 0 Å². The molecule has 23 heavy (non-hydrogen) atoms. The Labute approximate surface area is 137 Å². The number of aromatic nitrogens is 1. The molecule has 4 nitrogen and oxygen atoms in total. The quantitative estimate of drug-likeness (QED) is 0.610. The number of aliphatic hydroxyl groups excluding tert-OH is 1. The van der Waals surface area contributed by atoms with Gasteiger partial charge in [-0.25, -0.2) is 4.98 Å².